The molecule has 5 heteroatoms. The largest absolute Gasteiger partial charge is 0.448 e. The summed E-state index contributed by atoms with van der Waals surface area (Å²) in [6.45, 7) is 2.47. The van der Waals surface area contributed by atoms with Crippen LogP contribution in [-0.2, 0) is 4.74 Å². The molecule has 0 aliphatic heterocycles. The Kier molecular flexibility index (Phi) is 3.12. The topological polar surface area (TPSA) is 70.1 Å². The van der Waals surface area contributed by atoms with E-state index in [0.29, 0.717) is 18.3 Å². The molecule has 5 nitrogen and oxygen atoms in total. The van der Waals surface area contributed by atoms with E-state index in [1.165, 1.54) is 0 Å². The van der Waals surface area contributed by atoms with E-state index in [0.717, 1.165) is 36.1 Å². The van der Waals surface area contributed by atoms with Gasteiger partial charge in [0, 0.05) is 12.0 Å². The van der Waals surface area contributed by atoms with Crippen molar-refractivity contribution >= 4 is 11.9 Å². The first-order valence-electron chi connectivity index (χ1n) is 5.75. The van der Waals surface area contributed by atoms with E-state index < -0.39 is 6.09 Å². The molecule has 1 aliphatic rings. The number of nitrogens with zero attached hydrogens (tertiary/aromatic N) is 2. The van der Waals surface area contributed by atoms with Gasteiger partial charge in [0.05, 0.1) is 12.3 Å². The quantitative estimate of drug-likeness (QED) is 0.794. The van der Waals surface area contributed by atoms with E-state index >= 15 is 0 Å². The molecule has 1 aromatic heterocycles. The Morgan fingerprint density at radius 3 is 3.06 bits per heavy atom. The van der Waals surface area contributed by atoms with Crippen molar-refractivity contribution in [3.8, 4) is 0 Å². The third-order valence-corrected chi connectivity index (χ3v) is 2.65. The number of unbranched alkanes of at least 4 members (excludes halogenated alkanes) is 1. The molecule has 88 valence electrons. The molecule has 1 saturated carbocycles. The first-order chi connectivity index (χ1) is 7.72. The first kappa shape index (κ1) is 11.0. The van der Waals surface area contributed by atoms with Crippen LogP contribution in [0.2, 0.25) is 0 Å². The van der Waals surface area contributed by atoms with E-state index in [1.807, 2.05) is 6.92 Å². The van der Waals surface area contributed by atoms with Crippen molar-refractivity contribution in [2.75, 3.05) is 12.3 Å². The lowest BCUT2D eigenvalue weighted by Gasteiger charge is -2.04. The van der Waals surface area contributed by atoms with E-state index in [-0.39, 0.29) is 0 Å². The highest BCUT2D eigenvalue weighted by Gasteiger charge is 2.28. The number of hydrogen-bond donors (Lipinski definition) is 1. The number of nitrogen functional groups attached to an aromatic ring is 1. The van der Waals surface area contributed by atoms with Crippen LogP contribution in [0.4, 0.5) is 10.6 Å². The fourth-order valence-electron chi connectivity index (χ4n) is 1.50. The molecule has 1 aromatic rings. The summed E-state index contributed by atoms with van der Waals surface area (Å²) in [5, 5.41) is 4.17. The molecule has 1 heterocycles. The second-order valence-electron chi connectivity index (χ2n) is 4.15. The molecule has 16 heavy (non-hydrogen) atoms. The maximum atomic E-state index is 11.6. The summed E-state index contributed by atoms with van der Waals surface area (Å²) in [5.41, 5.74) is 6.62. The standard InChI is InChI=1S/C11H17N3O2/c1-2-3-6-16-11(15)14-10(12)7-9(13-14)8-4-5-8/h7-8H,2-6,12H2,1H3. The monoisotopic (exact) mass is 223 g/mol. The lowest BCUT2D eigenvalue weighted by atomic mass is 10.3. The molecule has 0 amide bonds. The van der Waals surface area contributed by atoms with Gasteiger partial charge in [-0.05, 0) is 19.3 Å². The number of carbonyl (C=O) groups excluding carboxylic acids is 1. The Hall–Kier alpha value is -1.52. The zero-order valence-electron chi connectivity index (χ0n) is 9.48. The van der Waals surface area contributed by atoms with Crippen LogP contribution < -0.4 is 5.73 Å². The smallest absolute Gasteiger partial charge is 0.436 e. The summed E-state index contributed by atoms with van der Waals surface area (Å²) in [4.78, 5) is 11.6. The number of anilines is 1. The molecule has 0 saturated heterocycles. The van der Waals surface area contributed by atoms with Crippen molar-refractivity contribution in [1.29, 1.82) is 0 Å². The summed E-state index contributed by atoms with van der Waals surface area (Å²) in [6, 6.07) is 1.76. The van der Waals surface area contributed by atoms with E-state index in [2.05, 4.69) is 5.10 Å². The number of carbonyl (C=O) groups is 1. The van der Waals surface area contributed by atoms with Crippen molar-refractivity contribution in [1.82, 2.24) is 9.78 Å². The number of hydrogen-bond acceptors (Lipinski definition) is 4. The van der Waals surface area contributed by atoms with Gasteiger partial charge in [-0.15, -0.1) is 4.68 Å². The Morgan fingerprint density at radius 2 is 2.44 bits per heavy atom. The molecule has 2 rings (SSSR count). The molecule has 1 fully saturated rings. The zero-order chi connectivity index (χ0) is 11.5. The zero-order valence-corrected chi connectivity index (χ0v) is 9.48. The minimum Gasteiger partial charge on any atom is -0.448 e. The number of aromatic nitrogens is 2. The predicted octanol–water partition coefficient (Wildman–Crippen LogP) is 2.13. The molecule has 0 unspecified atom stereocenters. The highest BCUT2D eigenvalue weighted by atomic mass is 16.6. The van der Waals surface area contributed by atoms with Gasteiger partial charge < -0.3 is 10.5 Å². The van der Waals surface area contributed by atoms with Gasteiger partial charge in [0.25, 0.3) is 0 Å². The van der Waals surface area contributed by atoms with E-state index in [9.17, 15) is 4.79 Å². The Balaban J connectivity index is 1.98. The van der Waals surface area contributed by atoms with Gasteiger partial charge in [0.1, 0.15) is 5.82 Å². The van der Waals surface area contributed by atoms with Crippen molar-refractivity contribution in [2.24, 2.45) is 0 Å². The molecular weight excluding hydrogens is 206 g/mol. The van der Waals surface area contributed by atoms with Crippen molar-refractivity contribution in [3.05, 3.63) is 11.8 Å². The van der Waals surface area contributed by atoms with Crippen LogP contribution >= 0.6 is 0 Å². The van der Waals surface area contributed by atoms with Crippen LogP contribution in [0.5, 0.6) is 0 Å². The third-order valence-electron chi connectivity index (χ3n) is 2.65. The summed E-state index contributed by atoms with van der Waals surface area (Å²) in [7, 11) is 0. The van der Waals surface area contributed by atoms with E-state index in [1.54, 1.807) is 6.07 Å². The first-order valence-corrected chi connectivity index (χ1v) is 5.75. The molecular formula is C11H17N3O2. The number of ether oxygens (including phenoxy) is 1. The maximum absolute atomic E-state index is 11.6. The SMILES string of the molecule is CCCCOC(=O)n1nc(C2CC2)cc1N. The normalized spacial score (nSPS) is 15.1. The average Bonchev–Trinajstić information content (AvgIpc) is 3.03. The van der Waals surface area contributed by atoms with Gasteiger partial charge in [-0.3, -0.25) is 0 Å². The lowest BCUT2D eigenvalue weighted by Crippen LogP contribution is -2.18. The van der Waals surface area contributed by atoms with Gasteiger partial charge in [0.2, 0.25) is 0 Å². The fraction of sp³-hybridized carbons (Fsp3) is 0.636. The van der Waals surface area contributed by atoms with Crippen LogP contribution in [0.25, 0.3) is 0 Å². The Bertz CT molecular complexity index is 383. The fourth-order valence-corrected chi connectivity index (χ4v) is 1.50. The average molecular weight is 223 g/mol. The predicted molar refractivity (Wildman–Crippen MR) is 60.3 cm³/mol. The van der Waals surface area contributed by atoms with Crippen molar-refractivity contribution in [2.45, 2.75) is 38.5 Å². The minimum atomic E-state index is -0.474. The Morgan fingerprint density at radius 1 is 1.69 bits per heavy atom. The molecule has 0 spiro atoms. The van der Waals surface area contributed by atoms with Gasteiger partial charge in [-0.1, -0.05) is 13.3 Å². The van der Waals surface area contributed by atoms with Crippen molar-refractivity contribution in [3.63, 3.8) is 0 Å². The van der Waals surface area contributed by atoms with Crippen molar-refractivity contribution < 1.29 is 9.53 Å². The molecule has 0 radical (unpaired) electrons. The highest BCUT2D eigenvalue weighted by molar-refractivity contribution is 5.73. The van der Waals surface area contributed by atoms with Crippen LogP contribution in [0.1, 0.15) is 44.2 Å². The minimum absolute atomic E-state index is 0.364. The van der Waals surface area contributed by atoms with Crippen LogP contribution in [0.15, 0.2) is 6.07 Å². The second kappa shape index (κ2) is 4.55. The third kappa shape index (κ3) is 2.35. The molecule has 0 bridgehead atoms. The summed E-state index contributed by atoms with van der Waals surface area (Å²) in [5.74, 6) is 0.857. The van der Waals surface area contributed by atoms with Crippen LogP contribution in [0, 0.1) is 0 Å². The van der Waals surface area contributed by atoms with Gasteiger partial charge in [-0.2, -0.15) is 5.10 Å². The number of nitrogens with two attached hydrogens (primary N) is 1. The number of rotatable bonds is 4. The summed E-state index contributed by atoms with van der Waals surface area (Å²) >= 11 is 0. The lowest BCUT2D eigenvalue weighted by molar-refractivity contribution is 0.143. The molecule has 1 aliphatic carbocycles. The molecule has 0 aromatic carbocycles. The molecule has 2 N–H and O–H groups in total. The second-order valence-corrected chi connectivity index (χ2v) is 4.15. The summed E-state index contributed by atoms with van der Waals surface area (Å²) in [6.07, 6.45) is 3.66. The maximum Gasteiger partial charge on any atom is 0.436 e. The van der Waals surface area contributed by atoms with Gasteiger partial charge in [0.15, 0.2) is 0 Å². The highest BCUT2D eigenvalue weighted by Crippen LogP contribution is 2.39. The summed E-state index contributed by atoms with van der Waals surface area (Å²) < 4.78 is 6.20. The van der Waals surface area contributed by atoms with Crippen LogP contribution in [-0.4, -0.2) is 22.5 Å². The Labute approximate surface area is 94.6 Å². The van der Waals surface area contributed by atoms with E-state index in [4.69, 9.17) is 10.5 Å². The van der Waals surface area contributed by atoms with Crippen LogP contribution in [0.3, 0.4) is 0 Å². The molecule has 0 atom stereocenters. The van der Waals surface area contributed by atoms with Gasteiger partial charge >= 0.3 is 6.09 Å². The van der Waals surface area contributed by atoms with Gasteiger partial charge in [-0.25, -0.2) is 4.79 Å².